The molecule has 0 spiro atoms. The van der Waals surface area contributed by atoms with Gasteiger partial charge in [-0.05, 0) is 43.3 Å². The van der Waals surface area contributed by atoms with Crippen LogP contribution in [0.2, 0.25) is 5.02 Å². The van der Waals surface area contributed by atoms with E-state index in [1.165, 1.54) is 7.05 Å². The molecule has 0 fully saturated rings. The molecule has 0 bridgehead atoms. The van der Waals surface area contributed by atoms with Gasteiger partial charge in [-0.15, -0.1) is 0 Å². The van der Waals surface area contributed by atoms with Gasteiger partial charge in [-0.3, -0.25) is 9.10 Å². The molecule has 31 heavy (non-hydrogen) atoms. The second-order valence-electron chi connectivity index (χ2n) is 6.69. The summed E-state index contributed by atoms with van der Waals surface area (Å²) in [6.45, 7) is 1.62. The second kappa shape index (κ2) is 9.36. The van der Waals surface area contributed by atoms with E-state index in [4.69, 9.17) is 20.9 Å². The first kappa shape index (κ1) is 22.6. The number of hydrogen-bond donors (Lipinski definition) is 1. The summed E-state index contributed by atoms with van der Waals surface area (Å²) in [5, 5.41) is 7.04. The summed E-state index contributed by atoms with van der Waals surface area (Å²) in [5.74, 6) is 0.601. The third-order valence-electron chi connectivity index (χ3n) is 4.38. The van der Waals surface area contributed by atoms with E-state index in [1.807, 2.05) is 6.07 Å². The van der Waals surface area contributed by atoms with Crippen LogP contribution in [-0.2, 0) is 21.4 Å². The molecule has 0 saturated carbocycles. The maximum absolute atomic E-state index is 12.3. The lowest BCUT2D eigenvalue weighted by molar-refractivity contribution is -0.127. The highest BCUT2D eigenvalue weighted by Crippen LogP contribution is 2.25. The molecule has 0 aliphatic heterocycles. The number of carbonyl (C=O) groups is 1. The Morgan fingerprint density at radius 3 is 2.55 bits per heavy atom. The van der Waals surface area contributed by atoms with Crippen molar-refractivity contribution in [3.05, 3.63) is 59.4 Å². The van der Waals surface area contributed by atoms with Gasteiger partial charge in [0.05, 0.1) is 23.5 Å². The molecule has 1 amide bonds. The second-order valence-corrected chi connectivity index (χ2v) is 9.11. The van der Waals surface area contributed by atoms with Gasteiger partial charge < -0.3 is 14.6 Å². The number of rotatable bonds is 8. The van der Waals surface area contributed by atoms with Crippen LogP contribution >= 0.6 is 11.6 Å². The summed E-state index contributed by atoms with van der Waals surface area (Å²) < 4.78 is 35.1. The molecule has 1 aromatic heterocycles. The third-order valence-corrected chi connectivity index (χ3v) is 5.91. The van der Waals surface area contributed by atoms with E-state index in [1.54, 1.807) is 49.4 Å². The first-order chi connectivity index (χ1) is 14.6. The number of nitrogens with one attached hydrogen (secondary N) is 1. The minimum absolute atomic E-state index is 0.0298. The molecule has 3 rings (SSSR count). The maximum Gasteiger partial charge on any atom is 0.261 e. The van der Waals surface area contributed by atoms with E-state index in [0.717, 1.165) is 10.6 Å². The zero-order chi connectivity index (χ0) is 22.6. The van der Waals surface area contributed by atoms with E-state index in [0.29, 0.717) is 27.8 Å². The molecule has 3 aromatic rings. The van der Waals surface area contributed by atoms with Gasteiger partial charge in [-0.2, -0.15) is 4.98 Å². The number of ether oxygens (including phenoxy) is 1. The van der Waals surface area contributed by atoms with Gasteiger partial charge in [-0.1, -0.05) is 28.9 Å². The van der Waals surface area contributed by atoms with Crippen LogP contribution in [0.1, 0.15) is 12.8 Å². The number of benzene rings is 2. The third kappa shape index (κ3) is 5.74. The Balaban J connectivity index is 1.55. The Hall–Kier alpha value is -3.11. The number of aromatic nitrogens is 2. The quantitative estimate of drug-likeness (QED) is 0.545. The molecule has 9 nitrogen and oxygen atoms in total. The Morgan fingerprint density at radius 1 is 1.23 bits per heavy atom. The fourth-order valence-electron chi connectivity index (χ4n) is 2.57. The van der Waals surface area contributed by atoms with Crippen molar-refractivity contribution in [1.82, 2.24) is 15.5 Å². The predicted molar refractivity (Wildman–Crippen MR) is 116 cm³/mol. The van der Waals surface area contributed by atoms with E-state index >= 15 is 0 Å². The highest BCUT2D eigenvalue weighted by molar-refractivity contribution is 7.92. The topological polar surface area (TPSA) is 115 Å². The number of carbonyl (C=O) groups excluding carboxylic acids is 1. The summed E-state index contributed by atoms with van der Waals surface area (Å²) in [4.78, 5) is 16.6. The van der Waals surface area contributed by atoms with E-state index in [9.17, 15) is 13.2 Å². The van der Waals surface area contributed by atoms with Crippen LogP contribution in [-0.4, -0.2) is 43.9 Å². The molecule has 0 saturated heterocycles. The Kier molecular flexibility index (Phi) is 6.81. The summed E-state index contributed by atoms with van der Waals surface area (Å²) in [6, 6.07) is 13.5. The number of hydrogen-bond acceptors (Lipinski definition) is 7. The van der Waals surface area contributed by atoms with Crippen LogP contribution in [0.4, 0.5) is 5.69 Å². The largest absolute Gasteiger partial charge is 0.481 e. The Morgan fingerprint density at radius 2 is 1.90 bits per heavy atom. The molecule has 0 aliphatic rings. The van der Waals surface area contributed by atoms with Crippen LogP contribution in [0.3, 0.4) is 0 Å². The zero-order valence-electron chi connectivity index (χ0n) is 17.1. The monoisotopic (exact) mass is 464 g/mol. The van der Waals surface area contributed by atoms with Crippen LogP contribution < -0.4 is 14.4 Å². The highest BCUT2D eigenvalue weighted by Gasteiger charge is 2.18. The smallest absolute Gasteiger partial charge is 0.261 e. The van der Waals surface area contributed by atoms with Crippen molar-refractivity contribution in [2.45, 2.75) is 19.6 Å². The van der Waals surface area contributed by atoms with Crippen LogP contribution in [0.15, 0.2) is 53.1 Å². The molecular weight excluding hydrogens is 444 g/mol. The van der Waals surface area contributed by atoms with Crippen molar-refractivity contribution in [3.8, 4) is 17.1 Å². The summed E-state index contributed by atoms with van der Waals surface area (Å²) in [6.07, 6.45) is 0.314. The molecule has 2 aromatic carbocycles. The molecule has 1 heterocycles. The van der Waals surface area contributed by atoms with E-state index < -0.39 is 16.1 Å². The van der Waals surface area contributed by atoms with Crippen molar-refractivity contribution in [2.24, 2.45) is 0 Å². The lowest BCUT2D eigenvalue weighted by Gasteiger charge is -2.18. The van der Waals surface area contributed by atoms with E-state index in [-0.39, 0.29) is 18.3 Å². The number of sulfonamides is 1. The summed E-state index contributed by atoms with van der Waals surface area (Å²) in [5.41, 5.74) is 1.12. The molecule has 0 aliphatic carbocycles. The average molecular weight is 465 g/mol. The van der Waals surface area contributed by atoms with Crippen LogP contribution in [0.5, 0.6) is 5.75 Å². The summed E-state index contributed by atoms with van der Waals surface area (Å²) >= 11 is 6.12. The van der Waals surface area contributed by atoms with Gasteiger partial charge in [0.25, 0.3) is 5.91 Å². The van der Waals surface area contributed by atoms with E-state index in [2.05, 4.69) is 15.5 Å². The van der Waals surface area contributed by atoms with Crippen molar-refractivity contribution in [2.75, 3.05) is 17.6 Å². The van der Waals surface area contributed by atoms with Gasteiger partial charge in [0.1, 0.15) is 5.75 Å². The average Bonchev–Trinajstić information content (AvgIpc) is 3.20. The normalized spacial score (nSPS) is 12.3. The van der Waals surface area contributed by atoms with Crippen molar-refractivity contribution in [3.63, 3.8) is 0 Å². The molecular formula is C20H21ClN4O5S. The van der Waals surface area contributed by atoms with Gasteiger partial charge in [-0.25, -0.2) is 8.42 Å². The molecule has 1 unspecified atom stereocenters. The Bertz CT molecular complexity index is 1160. The van der Waals surface area contributed by atoms with Gasteiger partial charge >= 0.3 is 0 Å². The predicted octanol–water partition coefficient (Wildman–Crippen LogP) is 2.87. The molecule has 11 heteroatoms. The Labute approximate surface area is 185 Å². The zero-order valence-corrected chi connectivity index (χ0v) is 18.6. The molecule has 164 valence electrons. The van der Waals surface area contributed by atoms with Gasteiger partial charge in [0, 0.05) is 12.6 Å². The minimum atomic E-state index is -3.36. The fourth-order valence-corrected chi connectivity index (χ4v) is 3.29. The number of nitrogens with zero attached hydrogens (tertiary/aromatic N) is 3. The SMILES string of the molecule is CC(Oc1ccc(N(C)S(C)(=O)=O)cc1)C(=O)NCc1nc(-c2ccccc2Cl)no1. The first-order valence-corrected chi connectivity index (χ1v) is 11.4. The molecule has 0 radical (unpaired) electrons. The fraction of sp³-hybridized carbons (Fsp3) is 0.250. The standard InChI is InChI=1S/C20H21ClN4O5S/c1-13(29-15-10-8-14(9-11-15)25(2)31(3,27)28)20(26)22-12-18-23-19(24-30-18)16-6-4-5-7-17(16)21/h4-11,13H,12H2,1-3H3,(H,22,26). The van der Waals surface area contributed by atoms with Crippen molar-refractivity contribution >= 4 is 33.2 Å². The lowest BCUT2D eigenvalue weighted by atomic mass is 10.2. The number of amides is 1. The van der Waals surface area contributed by atoms with Crippen LogP contribution in [0.25, 0.3) is 11.4 Å². The minimum Gasteiger partial charge on any atom is -0.481 e. The lowest BCUT2D eigenvalue weighted by Crippen LogP contribution is -2.36. The van der Waals surface area contributed by atoms with Gasteiger partial charge in [0.2, 0.25) is 21.7 Å². The number of halogens is 1. The molecule has 1 N–H and O–H groups in total. The summed E-state index contributed by atoms with van der Waals surface area (Å²) in [7, 11) is -1.90. The molecule has 1 atom stereocenters. The first-order valence-electron chi connectivity index (χ1n) is 9.21. The van der Waals surface area contributed by atoms with Crippen molar-refractivity contribution in [1.29, 1.82) is 0 Å². The highest BCUT2D eigenvalue weighted by atomic mass is 35.5. The number of anilines is 1. The van der Waals surface area contributed by atoms with Crippen molar-refractivity contribution < 1.29 is 22.5 Å². The maximum atomic E-state index is 12.3. The van der Waals surface area contributed by atoms with Crippen LogP contribution in [0, 0.1) is 0 Å². The van der Waals surface area contributed by atoms with Gasteiger partial charge in [0.15, 0.2) is 6.10 Å².